The Morgan fingerprint density at radius 1 is 1.35 bits per heavy atom. The average Bonchev–Trinajstić information content (AvgIpc) is 2.42. The molecule has 102 valence electrons. The number of nitriles is 1. The maximum atomic E-state index is 13.5. The minimum atomic E-state index is -0.335. The number of halogens is 2. The van der Waals surface area contributed by atoms with Gasteiger partial charge in [0.25, 0.3) is 0 Å². The Morgan fingerprint density at radius 2 is 2.10 bits per heavy atom. The molecule has 0 aliphatic rings. The zero-order valence-corrected chi connectivity index (χ0v) is 11.8. The van der Waals surface area contributed by atoms with Crippen LogP contribution in [0.3, 0.4) is 0 Å². The molecular weight excluding hydrogens is 275 g/mol. The van der Waals surface area contributed by atoms with E-state index in [2.05, 4.69) is 6.07 Å². The van der Waals surface area contributed by atoms with Crippen molar-refractivity contribution in [2.75, 3.05) is 6.54 Å². The van der Waals surface area contributed by atoms with E-state index in [0.717, 1.165) is 11.1 Å². The van der Waals surface area contributed by atoms with Gasteiger partial charge in [-0.15, -0.1) is 0 Å². The van der Waals surface area contributed by atoms with Gasteiger partial charge in [-0.3, -0.25) is 0 Å². The third kappa shape index (κ3) is 2.67. The van der Waals surface area contributed by atoms with Crippen molar-refractivity contribution in [2.45, 2.75) is 13.3 Å². The van der Waals surface area contributed by atoms with Crippen LogP contribution in [-0.4, -0.2) is 6.54 Å². The minimum absolute atomic E-state index is 0.335. The highest BCUT2D eigenvalue weighted by Gasteiger charge is 2.16. The van der Waals surface area contributed by atoms with Crippen molar-refractivity contribution in [1.29, 1.82) is 5.26 Å². The van der Waals surface area contributed by atoms with E-state index in [9.17, 15) is 9.65 Å². The average molecular weight is 289 g/mol. The molecule has 0 unspecified atom stereocenters. The lowest BCUT2D eigenvalue weighted by Crippen LogP contribution is -2.06. The van der Waals surface area contributed by atoms with Crippen LogP contribution in [0.2, 0.25) is 5.02 Å². The van der Waals surface area contributed by atoms with Crippen LogP contribution in [0.4, 0.5) is 4.39 Å². The van der Waals surface area contributed by atoms with Crippen molar-refractivity contribution in [1.82, 2.24) is 0 Å². The number of rotatable bonds is 3. The van der Waals surface area contributed by atoms with E-state index in [4.69, 9.17) is 17.3 Å². The summed E-state index contributed by atoms with van der Waals surface area (Å²) in [7, 11) is 0. The van der Waals surface area contributed by atoms with Gasteiger partial charge in [0.2, 0.25) is 0 Å². The van der Waals surface area contributed by atoms with Crippen molar-refractivity contribution in [2.24, 2.45) is 5.73 Å². The Morgan fingerprint density at radius 3 is 2.70 bits per heavy atom. The highest BCUT2D eigenvalue weighted by molar-refractivity contribution is 6.31. The maximum absolute atomic E-state index is 13.5. The molecule has 0 aliphatic carbocycles. The first kappa shape index (κ1) is 14.5. The number of nitrogens with two attached hydrogens (primary N) is 1. The number of hydrogen-bond donors (Lipinski definition) is 1. The summed E-state index contributed by atoms with van der Waals surface area (Å²) in [5.74, 6) is -0.335. The fourth-order valence-corrected chi connectivity index (χ4v) is 2.49. The van der Waals surface area contributed by atoms with Gasteiger partial charge >= 0.3 is 0 Å². The molecule has 0 aliphatic heterocycles. The van der Waals surface area contributed by atoms with Gasteiger partial charge in [0, 0.05) is 10.6 Å². The number of nitrogens with zero attached hydrogens (tertiary/aromatic N) is 1. The second-order valence-electron chi connectivity index (χ2n) is 4.55. The smallest absolute Gasteiger partial charge is 0.123 e. The molecule has 0 atom stereocenters. The fourth-order valence-electron chi connectivity index (χ4n) is 2.27. The lowest BCUT2D eigenvalue weighted by atomic mass is 9.90. The largest absolute Gasteiger partial charge is 0.330 e. The Kier molecular flexibility index (Phi) is 4.39. The van der Waals surface area contributed by atoms with E-state index in [1.54, 1.807) is 19.1 Å². The van der Waals surface area contributed by atoms with E-state index >= 15 is 0 Å². The Balaban J connectivity index is 2.78. The molecule has 0 amide bonds. The van der Waals surface area contributed by atoms with Crippen LogP contribution in [-0.2, 0) is 6.42 Å². The number of benzene rings is 2. The van der Waals surface area contributed by atoms with Gasteiger partial charge in [0.1, 0.15) is 11.9 Å². The Bertz CT molecular complexity index is 690. The van der Waals surface area contributed by atoms with E-state index in [-0.39, 0.29) is 5.82 Å². The van der Waals surface area contributed by atoms with E-state index in [1.807, 2.05) is 6.07 Å². The highest BCUT2D eigenvalue weighted by Crippen LogP contribution is 2.34. The maximum Gasteiger partial charge on any atom is 0.123 e. The highest BCUT2D eigenvalue weighted by atomic mass is 35.5. The zero-order valence-electron chi connectivity index (χ0n) is 11.1. The van der Waals surface area contributed by atoms with Gasteiger partial charge in [-0.2, -0.15) is 5.26 Å². The van der Waals surface area contributed by atoms with Gasteiger partial charge in [-0.05, 0) is 54.8 Å². The molecule has 0 heterocycles. The molecule has 0 fully saturated rings. The molecule has 0 saturated carbocycles. The Labute approximate surface area is 122 Å². The predicted octanol–water partition coefficient (Wildman–Crippen LogP) is 3.83. The first-order valence-electron chi connectivity index (χ1n) is 6.26. The molecular formula is C16H14ClFN2. The van der Waals surface area contributed by atoms with Gasteiger partial charge in [-0.25, -0.2) is 4.39 Å². The summed E-state index contributed by atoms with van der Waals surface area (Å²) >= 11 is 6.16. The minimum Gasteiger partial charge on any atom is -0.330 e. The van der Waals surface area contributed by atoms with Crippen LogP contribution in [0.15, 0.2) is 30.3 Å². The molecule has 0 saturated heterocycles. The van der Waals surface area contributed by atoms with Crippen LogP contribution in [0.5, 0.6) is 0 Å². The van der Waals surface area contributed by atoms with Crippen molar-refractivity contribution in [3.8, 4) is 17.2 Å². The first-order chi connectivity index (χ1) is 9.58. The molecule has 0 spiro atoms. The Hall–Kier alpha value is -1.89. The van der Waals surface area contributed by atoms with Gasteiger partial charge in [-0.1, -0.05) is 23.7 Å². The van der Waals surface area contributed by atoms with E-state index in [0.29, 0.717) is 34.7 Å². The standard InChI is InChI=1S/C16H14ClFN2/c1-10-14(9-20)16(11-3-2-4-13(18)7-11)12(5-6-19)8-15(10)17/h2-4,7-8H,5-6,19H2,1H3. The number of hydrogen-bond acceptors (Lipinski definition) is 2. The van der Waals surface area contributed by atoms with Crippen molar-refractivity contribution < 1.29 is 4.39 Å². The van der Waals surface area contributed by atoms with Gasteiger partial charge in [0.05, 0.1) is 5.56 Å². The van der Waals surface area contributed by atoms with Gasteiger partial charge < -0.3 is 5.73 Å². The predicted molar refractivity (Wildman–Crippen MR) is 79.1 cm³/mol. The van der Waals surface area contributed by atoms with Crippen molar-refractivity contribution in [3.05, 3.63) is 57.9 Å². The van der Waals surface area contributed by atoms with E-state index < -0.39 is 0 Å². The topological polar surface area (TPSA) is 49.8 Å². The molecule has 20 heavy (non-hydrogen) atoms. The monoisotopic (exact) mass is 288 g/mol. The quantitative estimate of drug-likeness (QED) is 0.933. The third-order valence-electron chi connectivity index (χ3n) is 3.24. The lowest BCUT2D eigenvalue weighted by Gasteiger charge is -2.15. The molecule has 2 rings (SSSR count). The fraction of sp³-hybridized carbons (Fsp3) is 0.188. The SMILES string of the molecule is Cc1c(Cl)cc(CCN)c(-c2cccc(F)c2)c1C#N. The van der Waals surface area contributed by atoms with Crippen LogP contribution < -0.4 is 5.73 Å². The molecule has 0 aromatic heterocycles. The van der Waals surface area contributed by atoms with Crippen LogP contribution in [0.1, 0.15) is 16.7 Å². The second kappa shape index (κ2) is 6.04. The summed E-state index contributed by atoms with van der Waals surface area (Å²) in [5.41, 5.74) is 9.06. The second-order valence-corrected chi connectivity index (χ2v) is 4.96. The molecule has 0 radical (unpaired) electrons. The summed E-state index contributed by atoms with van der Waals surface area (Å²) in [6, 6.07) is 10.2. The molecule has 2 aromatic rings. The summed E-state index contributed by atoms with van der Waals surface area (Å²) in [5, 5.41) is 9.95. The summed E-state index contributed by atoms with van der Waals surface area (Å²) in [6.07, 6.45) is 0.584. The van der Waals surface area contributed by atoms with Crippen LogP contribution in [0.25, 0.3) is 11.1 Å². The summed E-state index contributed by atoms with van der Waals surface area (Å²) < 4.78 is 13.5. The third-order valence-corrected chi connectivity index (χ3v) is 3.64. The molecule has 0 bridgehead atoms. The van der Waals surface area contributed by atoms with Crippen molar-refractivity contribution >= 4 is 11.6 Å². The van der Waals surface area contributed by atoms with Crippen molar-refractivity contribution in [3.63, 3.8) is 0 Å². The molecule has 2 aromatic carbocycles. The van der Waals surface area contributed by atoms with E-state index in [1.165, 1.54) is 12.1 Å². The molecule has 4 heteroatoms. The normalized spacial score (nSPS) is 10.3. The summed E-state index contributed by atoms with van der Waals surface area (Å²) in [4.78, 5) is 0. The first-order valence-corrected chi connectivity index (χ1v) is 6.64. The zero-order chi connectivity index (χ0) is 14.7. The van der Waals surface area contributed by atoms with Crippen LogP contribution >= 0.6 is 11.6 Å². The summed E-state index contributed by atoms with van der Waals surface area (Å²) in [6.45, 7) is 2.22. The van der Waals surface area contributed by atoms with Crippen LogP contribution in [0, 0.1) is 24.1 Å². The molecule has 2 N–H and O–H groups in total. The lowest BCUT2D eigenvalue weighted by molar-refractivity contribution is 0.628. The van der Waals surface area contributed by atoms with Gasteiger partial charge in [0.15, 0.2) is 0 Å². The molecule has 2 nitrogen and oxygen atoms in total.